The van der Waals surface area contributed by atoms with Gasteiger partial charge in [-0.1, -0.05) is 112 Å². The van der Waals surface area contributed by atoms with Gasteiger partial charge in [0.1, 0.15) is 11.3 Å². The zero-order chi connectivity index (χ0) is 27.9. The number of rotatable bonds is 6. The molecule has 1 N–H and O–H groups in total. The van der Waals surface area contributed by atoms with Gasteiger partial charge in [-0.25, -0.2) is 4.98 Å². The van der Waals surface area contributed by atoms with Crippen molar-refractivity contribution in [2.45, 2.75) is 105 Å². The highest BCUT2D eigenvalue weighted by Gasteiger charge is 2.22. The van der Waals surface area contributed by atoms with Gasteiger partial charge in [0, 0.05) is 17.8 Å². The molecule has 38 heavy (non-hydrogen) atoms. The summed E-state index contributed by atoms with van der Waals surface area (Å²) in [6.07, 6.45) is 2.27. The monoisotopic (exact) mass is 509 g/mol. The first-order valence-electron chi connectivity index (χ1n) is 14.2. The number of fused-ring (bicyclic) bond motifs is 1. The zero-order valence-corrected chi connectivity index (χ0v) is 25.3. The predicted molar refractivity (Wildman–Crippen MR) is 166 cm³/mol. The van der Waals surface area contributed by atoms with E-state index >= 15 is 0 Å². The molecule has 0 fully saturated rings. The van der Waals surface area contributed by atoms with Crippen LogP contribution in [0.4, 0.5) is 11.4 Å². The van der Waals surface area contributed by atoms with Crippen LogP contribution >= 0.6 is 0 Å². The van der Waals surface area contributed by atoms with Gasteiger partial charge in [0.15, 0.2) is 0 Å². The molecule has 0 bridgehead atoms. The molecule has 3 heteroatoms. The average molecular weight is 510 g/mol. The molecule has 0 aliphatic carbocycles. The van der Waals surface area contributed by atoms with Crippen LogP contribution in [0.25, 0.3) is 22.4 Å². The number of anilines is 2. The van der Waals surface area contributed by atoms with Crippen LogP contribution in [0.2, 0.25) is 0 Å². The van der Waals surface area contributed by atoms with Crippen molar-refractivity contribution in [2.75, 3.05) is 5.32 Å². The fraction of sp³-hybridized carbons (Fsp3) is 0.457. The summed E-state index contributed by atoms with van der Waals surface area (Å²) in [5, 5.41) is 3.77. The molecule has 4 aromatic rings. The van der Waals surface area contributed by atoms with E-state index in [4.69, 9.17) is 4.98 Å². The van der Waals surface area contributed by atoms with Crippen molar-refractivity contribution in [3.05, 3.63) is 77.4 Å². The number of hydrogen-bond donors (Lipinski definition) is 1. The van der Waals surface area contributed by atoms with Crippen LogP contribution in [0.5, 0.6) is 0 Å². The molecule has 1 aromatic heterocycles. The summed E-state index contributed by atoms with van der Waals surface area (Å²) in [6.45, 7) is 23.7. The minimum atomic E-state index is 0.0673. The van der Waals surface area contributed by atoms with E-state index in [1.54, 1.807) is 0 Å². The van der Waals surface area contributed by atoms with E-state index < -0.39 is 0 Å². The maximum atomic E-state index is 5.27. The van der Waals surface area contributed by atoms with Crippen molar-refractivity contribution >= 4 is 22.4 Å². The highest BCUT2D eigenvalue weighted by molar-refractivity contribution is 5.93. The molecule has 3 nitrogen and oxygen atoms in total. The number of nitrogens with one attached hydrogen (secondary N) is 1. The van der Waals surface area contributed by atoms with Gasteiger partial charge in [0.25, 0.3) is 0 Å². The molecule has 0 atom stereocenters. The van der Waals surface area contributed by atoms with Crippen LogP contribution in [-0.2, 0) is 22.8 Å². The van der Waals surface area contributed by atoms with Gasteiger partial charge in [-0.2, -0.15) is 0 Å². The van der Waals surface area contributed by atoms with Gasteiger partial charge < -0.3 is 9.88 Å². The molecule has 202 valence electrons. The van der Waals surface area contributed by atoms with Crippen molar-refractivity contribution in [3.63, 3.8) is 0 Å². The Bertz CT molecular complexity index is 1370. The highest BCUT2D eigenvalue weighted by atomic mass is 15.1. The summed E-state index contributed by atoms with van der Waals surface area (Å²) in [6, 6.07) is 22.5. The Hall–Kier alpha value is -3.07. The first kappa shape index (κ1) is 28.0. The van der Waals surface area contributed by atoms with Crippen LogP contribution in [0, 0.1) is 0 Å². The second-order valence-electron chi connectivity index (χ2n) is 13.9. The summed E-state index contributed by atoms with van der Waals surface area (Å²) < 4.78 is 2.41. The molecule has 0 aliphatic heterocycles. The lowest BCUT2D eigenvalue weighted by Gasteiger charge is -2.26. The van der Waals surface area contributed by atoms with Gasteiger partial charge in [-0.05, 0) is 63.6 Å². The molecule has 0 spiro atoms. The maximum Gasteiger partial charge on any atom is 0.141 e. The largest absolute Gasteiger partial charge is 0.354 e. The molecule has 0 unspecified atom stereocenters. The number of aromatic nitrogens is 2. The topological polar surface area (TPSA) is 29.9 Å². The third kappa shape index (κ3) is 5.98. The molecule has 4 rings (SSSR count). The quantitative estimate of drug-likeness (QED) is 0.280. The minimum Gasteiger partial charge on any atom is -0.354 e. The van der Waals surface area contributed by atoms with Crippen molar-refractivity contribution in [2.24, 2.45) is 0 Å². The third-order valence-corrected chi connectivity index (χ3v) is 7.47. The third-order valence-electron chi connectivity index (χ3n) is 7.47. The van der Waals surface area contributed by atoms with Crippen molar-refractivity contribution in [1.82, 2.24) is 9.55 Å². The minimum absolute atomic E-state index is 0.0673. The SMILES string of the molecule is CCCCn1c(-c2ccc(C(C)(C)C)cc2)nc2c(Nc3cc(C(C)(C)C)cc(C(C)(C)C)c3)cccc21. The van der Waals surface area contributed by atoms with Crippen molar-refractivity contribution in [3.8, 4) is 11.4 Å². The number of imidazole rings is 1. The fourth-order valence-electron chi connectivity index (χ4n) is 4.85. The summed E-state index contributed by atoms with van der Waals surface area (Å²) in [4.78, 5) is 5.27. The number of para-hydroxylation sites is 1. The van der Waals surface area contributed by atoms with Crippen LogP contribution in [0.3, 0.4) is 0 Å². The number of nitrogens with zero attached hydrogens (tertiary/aromatic N) is 2. The molecule has 0 aliphatic rings. The van der Waals surface area contributed by atoms with Crippen molar-refractivity contribution < 1.29 is 0 Å². The Morgan fingerprint density at radius 3 is 1.82 bits per heavy atom. The van der Waals surface area contributed by atoms with Gasteiger partial charge in [0.05, 0.1) is 11.2 Å². The van der Waals surface area contributed by atoms with Crippen LogP contribution in [-0.4, -0.2) is 9.55 Å². The van der Waals surface area contributed by atoms with E-state index in [9.17, 15) is 0 Å². The maximum absolute atomic E-state index is 5.27. The van der Waals surface area contributed by atoms with Gasteiger partial charge >= 0.3 is 0 Å². The highest BCUT2D eigenvalue weighted by Crippen LogP contribution is 2.36. The van der Waals surface area contributed by atoms with E-state index in [0.717, 1.165) is 42.1 Å². The second-order valence-corrected chi connectivity index (χ2v) is 13.9. The lowest BCUT2D eigenvalue weighted by Crippen LogP contribution is -2.16. The molecule has 1 heterocycles. The molecular weight excluding hydrogens is 462 g/mol. The first-order chi connectivity index (χ1) is 17.7. The summed E-state index contributed by atoms with van der Waals surface area (Å²) >= 11 is 0. The molecule has 0 radical (unpaired) electrons. The Labute approximate surface area is 230 Å². The number of benzene rings is 3. The zero-order valence-electron chi connectivity index (χ0n) is 25.3. The Kier molecular flexibility index (Phi) is 7.54. The van der Waals surface area contributed by atoms with Crippen LogP contribution < -0.4 is 5.32 Å². The number of unbranched alkanes of at least 4 members (excludes halogenated alkanes) is 1. The van der Waals surface area contributed by atoms with E-state index in [1.807, 2.05) is 0 Å². The average Bonchev–Trinajstić information content (AvgIpc) is 3.20. The normalized spacial score (nSPS) is 12.8. The Morgan fingerprint density at radius 1 is 0.711 bits per heavy atom. The molecule has 0 saturated carbocycles. The van der Waals surface area contributed by atoms with E-state index in [0.29, 0.717) is 0 Å². The molecule has 0 saturated heterocycles. The standard InChI is InChI=1S/C35H47N3/c1-11-12-20-38-30-15-13-14-29(31(30)37-32(38)24-16-18-25(19-17-24)33(2,3)4)36-28-22-26(34(5,6)7)21-27(23-28)35(8,9)10/h13-19,21-23,36H,11-12,20H2,1-10H3. The lowest BCUT2D eigenvalue weighted by molar-refractivity contribution is 0.569. The smallest absolute Gasteiger partial charge is 0.141 e. The molecule has 0 amide bonds. The Morgan fingerprint density at radius 2 is 1.29 bits per heavy atom. The first-order valence-corrected chi connectivity index (χ1v) is 14.2. The number of aryl methyl sites for hydroxylation is 1. The predicted octanol–water partition coefficient (Wildman–Crippen LogP) is 10.1. The van der Waals surface area contributed by atoms with E-state index in [-0.39, 0.29) is 16.2 Å². The second kappa shape index (κ2) is 10.2. The van der Waals surface area contributed by atoms with Gasteiger partial charge in [-0.3, -0.25) is 0 Å². The fourth-order valence-corrected chi connectivity index (χ4v) is 4.85. The number of hydrogen-bond acceptors (Lipinski definition) is 2. The van der Waals surface area contributed by atoms with E-state index in [1.165, 1.54) is 27.8 Å². The summed E-state index contributed by atoms with van der Waals surface area (Å²) in [7, 11) is 0. The summed E-state index contributed by atoms with van der Waals surface area (Å²) in [5.74, 6) is 1.04. The lowest BCUT2D eigenvalue weighted by atomic mass is 9.80. The summed E-state index contributed by atoms with van der Waals surface area (Å²) in [5.41, 5.74) is 9.83. The van der Waals surface area contributed by atoms with Crippen LogP contribution in [0.1, 0.15) is 98.8 Å². The molecular formula is C35H47N3. The molecule has 3 aromatic carbocycles. The Balaban J connectivity index is 1.83. The van der Waals surface area contributed by atoms with E-state index in [2.05, 4.69) is 140 Å². The van der Waals surface area contributed by atoms with Gasteiger partial charge in [-0.15, -0.1) is 0 Å². The van der Waals surface area contributed by atoms with Crippen molar-refractivity contribution in [1.29, 1.82) is 0 Å². The van der Waals surface area contributed by atoms with Gasteiger partial charge in [0.2, 0.25) is 0 Å². The van der Waals surface area contributed by atoms with Crippen LogP contribution in [0.15, 0.2) is 60.7 Å².